The number of hydrogen-bond acceptors (Lipinski definition) is 2. The van der Waals surface area contributed by atoms with Crippen molar-refractivity contribution in [3.05, 3.63) is 35.6 Å². The SMILES string of the molecule is CCCSC(C)C(N)c1ccc(F)cc1. The quantitative estimate of drug-likeness (QED) is 0.834. The van der Waals surface area contributed by atoms with E-state index in [0.717, 1.165) is 17.7 Å². The van der Waals surface area contributed by atoms with Gasteiger partial charge in [-0.2, -0.15) is 11.8 Å². The van der Waals surface area contributed by atoms with E-state index in [9.17, 15) is 4.39 Å². The van der Waals surface area contributed by atoms with Crippen molar-refractivity contribution in [1.82, 2.24) is 0 Å². The predicted molar refractivity (Wildman–Crippen MR) is 65.5 cm³/mol. The van der Waals surface area contributed by atoms with E-state index in [2.05, 4.69) is 13.8 Å². The van der Waals surface area contributed by atoms with Gasteiger partial charge in [-0.3, -0.25) is 0 Å². The lowest BCUT2D eigenvalue weighted by atomic mass is 10.1. The third-order valence-electron chi connectivity index (χ3n) is 2.35. The number of benzene rings is 1. The first-order valence-corrected chi connectivity index (χ1v) is 6.32. The molecule has 0 aliphatic carbocycles. The zero-order chi connectivity index (χ0) is 11.3. The first-order valence-electron chi connectivity index (χ1n) is 5.27. The molecule has 2 atom stereocenters. The Hall–Kier alpha value is -0.540. The van der Waals surface area contributed by atoms with Gasteiger partial charge in [-0.15, -0.1) is 0 Å². The molecule has 0 aliphatic rings. The summed E-state index contributed by atoms with van der Waals surface area (Å²) >= 11 is 1.86. The number of thioether (sulfide) groups is 1. The van der Waals surface area contributed by atoms with Crippen LogP contribution in [0.2, 0.25) is 0 Å². The Balaban J connectivity index is 2.59. The Morgan fingerprint density at radius 1 is 1.33 bits per heavy atom. The summed E-state index contributed by atoms with van der Waals surface area (Å²) in [7, 11) is 0. The number of rotatable bonds is 5. The zero-order valence-electron chi connectivity index (χ0n) is 9.24. The molecular formula is C12H18FNS. The third-order valence-corrected chi connectivity index (χ3v) is 3.81. The topological polar surface area (TPSA) is 26.0 Å². The first-order chi connectivity index (χ1) is 7.15. The number of nitrogens with two attached hydrogens (primary N) is 1. The van der Waals surface area contributed by atoms with Crippen molar-refractivity contribution >= 4 is 11.8 Å². The van der Waals surface area contributed by atoms with Gasteiger partial charge >= 0.3 is 0 Å². The summed E-state index contributed by atoms with van der Waals surface area (Å²) in [6.07, 6.45) is 1.16. The van der Waals surface area contributed by atoms with Crippen LogP contribution < -0.4 is 5.73 Å². The molecular weight excluding hydrogens is 209 g/mol. The summed E-state index contributed by atoms with van der Waals surface area (Å²) in [5.41, 5.74) is 7.09. The van der Waals surface area contributed by atoms with Gasteiger partial charge in [-0.05, 0) is 29.9 Å². The smallest absolute Gasteiger partial charge is 0.123 e. The molecule has 2 N–H and O–H groups in total. The van der Waals surface area contributed by atoms with Crippen molar-refractivity contribution in [2.75, 3.05) is 5.75 Å². The van der Waals surface area contributed by atoms with Gasteiger partial charge in [0.25, 0.3) is 0 Å². The molecule has 84 valence electrons. The minimum absolute atomic E-state index is 0.0119. The second-order valence-electron chi connectivity index (χ2n) is 3.65. The lowest BCUT2D eigenvalue weighted by molar-refractivity contribution is 0.624. The molecule has 0 heterocycles. The van der Waals surface area contributed by atoms with Gasteiger partial charge in [0.1, 0.15) is 5.82 Å². The molecule has 3 heteroatoms. The van der Waals surface area contributed by atoms with E-state index in [1.807, 2.05) is 11.8 Å². The normalized spacial score (nSPS) is 14.9. The lowest BCUT2D eigenvalue weighted by Gasteiger charge is -2.19. The highest BCUT2D eigenvalue weighted by Gasteiger charge is 2.14. The second-order valence-corrected chi connectivity index (χ2v) is 5.14. The summed E-state index contributed by atoms with van der Waals surface area (Å²) < 4.78 is 12.7. The van der Waals surface area contributed by atoms with Crippen LogP contribution in [0.5, 0.6) is 0 Å². The maximum absolute atomic E-state index is 12.7. The van der Waals surface area contributed by atoms with Crippen molar-refractivity contribution in [2.24, 2.45) is 5.73 Å². The summed E-state index contributed by atoms with van der Waals surface area (Å²) in [6, 6.07) is 6.45. The van der Waals surface area contributed by atoms with E-state index in [1.165, 1.54) is 12.1 Å². The number of halogens is 1. The van der Waals surface area contributed by atoms with Gasteiger partial charge in [0.2, 0.25) is 0 Å². The molecule has 0 aromatic heterocycles. The van der Waals surface area contributed by atoms with E-state index in [4.69, 9.17) is 5.73 Å². The molecule has 1 nitrogen and oxygen atoms in total. The van der Waals surface area contributed by atoms with Gasteiger partial charge < -0.3 is 5.73 Å². The fraction of sp³-hybridized carbons (Fsp3) is 0.500. The van der Waals surface area contributed by atoms with E-state index < -0.39 is 0 Å². The molecule has 0 saturated heterocycles. The van der Waals surface area contributed by atoms with Crippen LogP contribution in [0.1, 0.15) is 31.9 Å². The van der Waals surface area contributed by atoms with E-state index in [-0.39, 0.29) is 11.9 Å². The Morgan fingerprint density at radius 2 is 1.93 bits per heavy atom. The molecule has 0 radical (unpaired) electrons. The molecule has 0 saturated carbocycles. The Morgan fingerprint density at radius 3 is 2.47 bits per heavy atom. The van der Waals surface area contributed by atoms with Crippen LogP contribution in [0.25, 0.3) is 0 Å². The van der Waals surface area contributed by atoms with Crippen LogP contribution in [-0.4, -0.2) is 11.0 Å². The standard InChI is InChI=1S/C12H18FNS/c1-3-8-15-9(2)12(14)10-4-6-11(13)7-5-10/h4-7,9,12H,3,8,14H2,1-2H3. The van der Waals surface area contributed by atoms with Crippen molar-refractivity contribution in [2.45, 2.75) is 31.6 Å². The number of hydrogen-bond donors (Lipinski definition) is 1. The maximum atomic E-state index is 12.7. The average molecular weight is 227 g/mol. The molecule has 0 amide bonds. The highest BCUT2D eigenvalue weighted by Crippen LogP contribution is 2.24. The van der Waals surface area contributed by atoms with Gasteiger partial charge in [0.05, 0.1) is 0 Å². The molecule has 2 unspecified atom stereocenters. The second kappa shape index (κ2) is 6.13. The summed E-state index contributed by atoms with van der Waals surface area (Å²) in [5.74, 6) is 0.913. The average Bonchev–Trinajstić information content (AvgIpc) is 2.26. The van der Waals surface area contributed by atoms with Crippen molar-refractivity contribution in [3.8, 4) is 0 Å². The van der Waals surface area contributed by atoms with Crippen LogP contribution in [0.4, 0.5) is 4.39 Å². The largest absolute Gasteiger partial charge is 0.323 e. The minimum atomic E-state index is -0.209. The lowest BCUT2D eigenvalue weighted by Crippen LogP contribution is -2.21. The van der Waals surface area contributed by atoms with E-state index in [1.54, 1.807) is 12.1 Å². The first kappa shape index (κ1) is 12.5. The van der Waals surface area contributed by atoms with Gasteiger partial charge in [-0.25, -0.2) is 4.39 Å². The third kappa shape index (κ3) is 3.84. The molecule has 1 aromatic carbocycles. The molecule has 15 heavy (non-hydrogen) atoms. The van der Waals surface area contributed by atoms with Crippen LogP contribution in [0, 0.1) is 5.82 Å². The Bertz CT molecular complexity index is 286. The van der Waals surface area contributed by atoms with Crippen LogP contribution >= 0.6 is 11.8 Å². The minimum Gasteiger partial charge on any atom is -0.323 e. The van der Waals surface area contributed by atoms with Crippen molar-refractivity contribution < 1.29 is 4.39 Å². The zero-order valence-corrected chi connectivity index (χ0v) is 10.1. The molecule has 1 rings (SSSR count). The Kier molecular flexibility index (Phi) is 5.12. The van der Waals surface area contributed by atoms with Crippen LogP contribution in [0.15, 0.2) is 24.3 Å². The highest BCUT2D eigenvalue weighted by molar-refractivity contribution is 7.99. The molecule has 0 fully saturated rings. The van der Waals surface area contributed by atoms with Gasteiger partial charge in [0.15, 0.2) is 0 Å². The fourth-order valence-corrected chi connectivity index (χ4v) is 2.34. The summed E-state index contributed by atoms with van der Waals surface area (Å²) in [6.45, 7) is 4.28. The summed E-state index contributed by atoms with van der Waals surface area (Å²) in [4.78, 5) is 0. The van der Waals surface area contributed by atoms with Crippen LogP contribution in [0.3, 0.4) is 0 Å². The van der Waals surface area contributed by atoms with Crippen molar-refractivity contribution in [3.63, 3.8) is 0 Å². The van der Waals surface area contributed by atoms with Gasteiger partial charge in [0, 0.05) is 11.3 Å². The van der Waals surface area contributed by atoms with Gasteiger partial charge in [-0.1, -0.05) is 26.0 Å². The van der Waals surface area contributed by atoms with Crippen molar-refractivity contribution in [1.29, 1.82) is 0 Å². The highest BCUT2D eigenvalue weighted by atomic mass is 32.2. The molecule has 0 spiro atoms. The van der Waals surface area contributed by atoms with E-state index >= 15 is 0 Å². The summed E-state index contributed by atoms with van der Waals surface area (Å²) in [5, 5.41) is 0.371. The molecule has 0 bridgehead atoms. The molecule has 1 aromatic rings. The van der Waals surface area contributed by atoms with E-state index in [0.29, 0.717) is 5.25 Å². The maximum Gasteiger partial charge on any atom is 0.123 e. The monoisotopic (exact) mass is 227 g/mol. The predicted octanol–water partition coefficient (Wildman–Crippen LogP) is 3.36. The van der Waals surface area contributed by atoms with Crippen LogP contribution in [-0.2, 0) is 0 Å². The Labute approximate surface area is 95.2 Å². The fourth-order valence-electron chi connectivity index (χ4n) is 1.36. The molecule has 0 aliphatic heterocycles.